The Morgan fingerprint density at radius 3 is 1.80 bits per heavy atom. The van der Waals surface area contributed by atoms with E-state index in [9.17, 15) is 0 Å². The minimum absolute atomic E-state index is 0.923. The van der Waals surface area contributed by atoms with E-state index in [0.29, 0.717) is 0 Å². The number of hydrogen-bond acceptors (Lipinski definition) is 0. The molecule has 1 aliphatic carbocycles. The lowest BCUT2D eigenvalue weighted by Gasteiger charge is -2.21. The summed E-state index contributed by atoms with van der Waals surface area (Å²) in [5.74, 6) is 1.20. The highest BCUT2D eigenvalue weighted by Gasteiger charge is 2.30. The van der Waals surface area contributed by atoms with E-state index in [4.69, 9.17) is 0 Å². The number of aromatic amines is 1. The van der Waals surface area contributed by atoms with E-state index in [1.165, 1.54) is 77.7 Å². The maximum atomic E-state index is 3.62. The first-order chi connectivity index (χ1) is 22.3. The van der Waals surface area contributed by atoms with Crippen molar-refractivity contribution in [3.05, 3.63) is 157 Å². The Bertz CT molecular complexity index is 2380. The monoisotopic (exact) mass is 575 g/mol. The summed E-state index contributed by atoms with van der Waals surface area (Å²) in [6.45, 7) is 2.20. The maximum absolute atomic E-state index is 3.62. The van der Waals surface area contributed by atoms with Gasteiger partial charge in [-0.05, 0) is 96.7 Å². The first-order valence-corrected chi connectivity index (χ1v) is 15.8. The molecule has 1 aliphatic rings. The van der Waals surface area contributed by atoms with Crippen LogP contribution in [-0.4, -0.2) is 4.98 Å². The second kappa shape index (κ2) is 10.2. The summed E-state index contributed by atoms with van der Waals surface area (Å²) in [5, 5.41) is 2.63. The lowest BCUT2D eigenvalue weighted by molar-refractivity contribution is -0.576. The largest absolute Gasteiger partial charge is 0.260 e. The fourth-order valence-corrected chi connectivity index (χ4v) is 7.43. The van der Waals surface area contributed by atoms with Crippen molar-refractivity contribution in [2.45, 2.75) is 13.3 Å². The minimum Gasteiger partial charge on any atom is -0.240 e. The topological polar surface area (TPSA) is 19.7 Å². The lowest BCUT2D eigenvalue weighted by Crippen LogP contribution is -2.33. The molecule has 0 saturated heterocycles. The molecule has 0 fully saturated rings. The van der Waals surface area contributed by atoms with Crippen molar-refractivity contribution in [3.63, 3.8) is 0 Å². The first kappa shape index (κ1) is 25.7. The fourth-order valence-electron chi connectivity index (χ4n) is 7.43. The SMILES string of the molecule is CCc1[nH]c2ccccc2[n+]1-c1ccc(-c2cc(-c3ccccc3)c3c(c2-c2ccccc2)-c2cccc4cccc-3c24)cc1. The standard InChI is InChI=1S/C43H30N2/c1-2-39-44-37-21-9-10-22-38(37)45(39)32-25-23-29(24-26-32)35-27-36(28-13-5-3-6-14-28)42-33-19-11-17-30-18-12-20-34(40(30)33)43(42)41(35)31-15-7-4-8-16-31/h3-27H,2H2,1H3/p+1. The zero-order chi connectivity index (χ0) is 29.9. The molecule has 0 spiro atoms. The number of rotatable bonds is 5. The summed E-state index contributed by atoms with van der Waals surface area (Å²) >= 11 is 0. The summed E-state index contributed by atoms with van der Waals surface area (Å²) in [7, 11) is 0. The molecule has 9 rings (SSSR count). The van der Waals surface area contributed by atoms with Crippen molar-refractivity contribution in [1.82, 2.24) is 4.98 Å². The van der Waals surface area contributed by atoms with Crippen LogP contribution in [0.1, 0.15) is 12.7 Å². The van der Waals surface area contributed by atoms with Crippen molar-refractivity contribution >= 4 is 21.8 Å². The number of aromatic nitrogens is 2. The van der Waals surface area contributed by atoms with Crippen LogP contribution in [0, 0.1) is 0 Å². The normalized spacial score (nSPS) is 11.8. The van der Waals surface area contributed by atoms with Crippen molar-refractivity contribution in [1.29, 1.82) is 0 Å². The van der Waals surface area contributed by atoms with Gasteiger partial charge in [0, 0.05) is 6.42 Å². The van der Waals surface area contributed by atoms with E-state index in [-0.39, 0.29) is 0 Å². The second-order valence-corrected chi connectivity index (χ2v) is 11.9. The highest BCUT2D eigenvalue weighted by atomic mass is 15.1. The molecule has 0 atom stereocenters. The summed E-state index contributed by atoms with van der Waals surface area (Å²) in [4.78, 5) is 3.62. The van der Waals surface area contributed by atoms with Crippen LogP contribution in [0.15, 0.2) is 152 Å². The number of imidazole rings is 1. The molecule has 1 heterocycles. The molecule has 2 nitrogen and oxygen atoms in total. The molecule has 2 heteroatoms. The van der Waals surface area contributed by atoms with Crippen LogP contribution in [0.3, 0.4) is 0 Å². The van der Waals surface area contributed by atoms with Crippen molar-refractivity contribution in [3.8, 4) is 61.3 Å². The van der Waals surface area contributed by atoms with E-state index in [2.05, 4.69) is 168 Å². The molecule has 45 heavy (non-hydrogen) atoms. The molecule has 0 unspecified atom stereocenters. The van der Waals surface area contributed by atoms with Gasteiger partial charge in [-0.1, -0.05) is 128 Å². The van der Waals surface area contributed by atoms with Crippen LogP contribution < -0.4 is 4.57 Å². The summed E-state index contributed by atoms with van der Waals surface area (Å²) in [5.41, 5.74) is 16.3. The van der Waals surface area contributed by atoms with Gasteiger partial charge in [0.1, 0.15) is 5.69 Å². The van der Waals surface area contributed by atoms with E-state index in [0.717, 1.165) is 17.6 Å². The number of para-hydroxylation sites is 2. The van der Waals surface area contributed by atoms with Crippen molar-refractivity contribution in [2.24, 2.45) is 0 Å². The molecule has 0 aliphatic heterocycles. The molecule has 212 valence electrons. The molecule has 0 bridgehead atoms. The van der Waals surface area contributed by atoms with Crippen LogP contribution in [0.4, 0.5) is 0 Å². The van der Waals surface area contributed by atoms with Gasteiger partial charge in [0.05, 0.1) is 0 Å². The maximum Gasteiger partial charge on any atom is 0.260 e. The number of nitrogens with one attached hydrogen (secondary N) is 1. The number of H-pyrrole nitrogens is 1. The zero-order valence-corrected chi connectivity index (χ0v) is 25.1. The van der Waals surface area contributed by atoms with Crippen molar-refractivity contribution < 1.29 is 4.57 Å². The average molecular weight is 576 g/mol. The quantitative estimate of drug-likeness (QED) is 0.197. The number of fused-ring (bicyclic) bond motifs is 4. The van der Waals surface area contributed by atoms with E-state index < -0.39 is 0 Å². The van der Waals surface area contributed by atoms with Gasteiger partial charge >= 0.3 is 0 Å². The molecule has 0 amide bonds. The van der Waals surface area contributed by atoms with Crippen LogP contribution >= 0.6 is 0 Å². The van der Waals surface area contributed by atoms with Gasteiger partial charge in [-0.15, -0.1) is 0 Å². The van der Waals surface area contributed by atoms with Gasteiger partial charge in [-0.3, -0.25) is 0 Å². The molecule has 0 radical (unpaired) electrons. The molecule has 7 aromatic carbocycles. The first-order valence-electron chi connectivity index (χ1n) is 15.8. The predicted octanol–water partition coefficient (Wildman–Crippen LogP) is 10.8. The van der Waals surface area contributed by atoms with Crippen LogP contribution in [0.5, 0.6) is 0 Å². The third-order valence-electron chi connectivity index (χ3n) is 9.38. The Hall–Kier alpha value is -5.73. The van der Waals surface area contributed by atoms with Crippen LogP contribution in [0.2, 0.25) is 0 Å². The van der Waals surface area contributed by atoms with Gasteiger partial charge in [0.2, 0.25) is 0 Å². The zero-order valence-electron chi connectivity index (χ0n) is 25.1. The highest BCUT2D eigenvalue weighted by Crippen LogP contribution is 2.57. The van der Waals surface area contributed by atoms with Gasteiger partial charge in [0.15, 0.2) is 11.0 Å². The van der Waals surface area contributed by atoms with E-state index in [1.807, 2.05) is 0 Å². The summed E-state index contributed by atoms with van der Waals surface area (Å²) in [6, 6.07) is 55.5. The van der Waals surface area contributed by atoms with Gasteiger partial charge in [0.25, 0.3) is 5.82 Å². The molecular weight excluding hydrogens is 544 g/mol. The van der Waals surface area contributed by atoms with E-state index >= 15 is 0 Å². The predicted molar refractivity (Wildman–Crippen MR) is 187 cm³/mol. The third kappa shape index (κ3) is 3.92. The molecular formula is C43H31N2+. The van der Waals surface area contributed by atoms with Crippen molar-refractivity contribution in [2.75, 3.05) is 0 Å². The Morgan fingerprint density at radius 1 is 0.489 bits per heavy atom. The molecule has 1 N–H and O–H groups in total. The number of hydrogen-bond donors (Lipinski definition) is 1. The van der Waals surface area contributed by atoms with Gasteiger partial charge < -0.3 is 0 Å². The number of nitrogens with zero attached hydrogens (tertiary/aromatic N) is 1. The fraction of sp³-hybridized carbons (Fsp3) is 0.0465. The number of aryl methyl sites for hydroxylation is 1. The number of benzene rings is 7. The smallest absolute Gasteiger partial charge is 0.240 e. The molecule has 0 saturated carbocycles. The summed E-state index contributed by atoms with van der Waals surface area (Å²) < 4.78 is 2.35. The second-order valence-electron chi connectivity index (χ2n) is 11.9. The lowest BCUT2D eigenvalue weighted by atomic mass is 9.82. The molecule has 1 aromatic heterocycles. The van der Waals surface area contributed by atoms with E-state index in [1.54, 1.807) is 0 Å². The van der Waals surface area contributed by atoms with Gasteiger partial charge in [-0.2, -0.15) is 4.57 Å². The van der Waals surface area contributed by atoms with Gasteiger partial charge in [-0.25, -0.2) is 4.98 Å². The average Bonchev–Trinajstić information content (AvgIpc) is 3.66. The minimum atomic E-state index is 0.923. The Kier molecular flexibility index (Phi) is 5.82. The molecule has 8 aromatic rings. The Balaban J connectivity index is 1.34. The van der Waals surface area contributed by atoms with Crippen LogP contribution in [-0.2, 0) is 6.42 Å². The Morgan fingerprint density at radius 2 is 1.09 bits per heavy atom. The summed E-state index contributed by atoms with van der Waals surface area (Å²) in [6.07, 6.45) is 0.923. The highest BCUT2D eigenvalue weighted by molar-refractivity contribution is 6.22. The third-order valence-corrected chi connectivity index (χ3v) is 9.38. The Labute approximate surface area is 262 Å². The van der Waals surface area contributed by atoms with Crippen LogP contribution in [0.25, 0.3) is 83.1 Å².